The fourth-order valence-corrected chi connectivity index (χ4v) is 3.45. The van der Waals surface area contributed by atoms with Gasteiger partial charge in [0.2, 0.25) is 5.91 Å². The molecule has 7 heteroatoms. The van der Waals surface area contributed by atoms with Gasteiger partial charge in [-0.1, -0.05) is 6.07 Å². The Bertz CT molecular complexity index is 866. The number of benzene rings is 2. The summed E-state index contributed by atoms with van der Waals surface area (Å²) in [6.07, 6.45) is -0.249. The van der Waals surface area contributed by atoms with E-state index in [0.717, 1.165) is 11.1 Å². The molecule has 2 aromatic rings. The number of amides is 1. The first-order chi connectivity index (χ1) is 13.5. The second kappa shape index (κ2) is 8.39. The predicted octanol–water partition coefficient (Wildman–Crippen LogP) is 2.34. The van der Waals surface area contributed by atoms with Gasteiger partial charge in [-0.25, -0.2) is 0 Å². The number of carbonyl (C=O) groups is 1. The van der Waals surface area contributed by atoms with Crippen LogP contribution >= 0.6 is 0 Å². The van der Waals surface area contributed by atoms with Crippen molar-refractivity contribution in [3.05, 3.63) is 47.0 Å². The largest absolute Gasteiger partial charge is 0.493 e. The quantitative estimate of drug-likeness (QED) is 0.820. The van der Waals surface area contributed by atoms with Crippen LogP contribution < -0.4 is 18.9 Å². The number of fused-ring (bicyclic) bond motifs is 1. The molecule has 0 fully saturated rings. The third kappa shape index (κ3) is 3.71. The lowest BCUT2D eigenvalue weighted by Gasteiger charge is -2.34. The molecule has 0 spiro atoms. The summed E-state index contributed by atoms with van der Waals surface area (Å²) >= 11 is 0. The molecule has 0 saturated heterocycles. The Morgan fingerprint density at radius 3 is 2.21 bits per heavy atom. The van der Waals surface area contributed by atoms with E-state index in [1.807, 2.05) is 12.1 Å². The highest BCUT2D eigenvalue weighted by Crippen LogP contribution is 2.37. The SMILES string of the molecule is COc1ccc(CC(=O)N2CCc3cc(OC)c(OC)cc3[C@H]2O)cc1OC. The molecule has 0 aliphatic carbocycles. The molecule has 1 heterocycles. The number of hydrogen-bond acceptors (Lipinski definition) is 6. The van der Waals surface area contributed by atoms with Crippen molar-refractivity contribution in [2.24, 2.45) is 0 Å². The van der Waals surface area contributed by atoms with Crippen LogP contribution in [0.4, 0.5) is 0 Å². The van der Waals surface area contributed by atoms with Crippen molar-refractivity contribution in [2.75, 3.05) is 35.0 Å². The molecule has 1 atom stereocenters. The molecule has 1 N–H and O–H groups in total. The Hall–Kier alpha value is -2.93. The summed E-state index contributed by atoms with van der Waals surface area (Å²) in [6, 6.07) is 8.94. The Labute approximate surface area is 164 Å². The first-order valence-corrected chi connectivity index (χ1v) is 8.95. The lowest BCUT2D eigenvalue weighted by Crippen LogP contribution is -2.40. The number of rotatable bonds is 6. The molecular formula is C21H25NO6. The topological polar surface area (TPSA) is 77.5 Å². The van der Waals surface area contributed by atoms with E-state index in [0.29, 0.717) is 41.5 Å². The van der Waals surface area contributed by atoms with Crippen molar-refractivity contribution < 1.29 is 28.8 Å². The molecular weight excluding hydrogens is 362 g/mol. The highest BCUT2D eigenvalue weighted by atomic mass is 16.5. The van der Waals surface area contributed by atoms with Crippen LogP contribution in [-0.2, 0) is 17.6 Å². The van der Waals surface area contributed by atoms with E-state index in [4.69, 9.17) is 18.9 Å². The Morgan fingerprint density at radius 1 is 0.964 bits per heavy atom. The van der Waals surface area contributed by atoms with E-state index in [-0.39, 0.29) is 12.3 Å². The van der Waals surface area contributed by atoms with E-state index < -0.39 is 6.23 Å². The molecule has 3 rings (SSSR count). The van der Waals surface area contributed by atoms with Gasteiger partial charge in [0.05, 0.1) is 34.9 Å². The third-order valence-electron chi connectivity index (χ3n) is 4.96. The van der Waals surface area contributed by atoms with Crippen LogP contribution in [0.15, 0.2) is 30.3 Å². The van der Waals surface area contributed by atoms with Gasteiger partial charge < -0.3 is 29.0 Å². The van der Waals surface area contributed by atoms with Crippen LogP contribution in [0, 0.1) is 0 Å². The molecule has 7 nitrogen and oxygen atoms in total. The van der Waals surface area contributed by atoms with E-state index in [1.54, 1.807) is 46.6 Å². The third-order valence-corrected chi connectivity index (χ3v) is 4.96. The number of carbonyl (C=O) groups excluding carboxylic acids is 1. The van der Waals surface area contributed by atoms with Gasteiger partial charge in [0.15, 0.2) is 29.2 Å². The summed E-state index contributed by atoms with van der Waals surface area (Å²) in [5, 5.41) is 10.8. The second-order valence-electron chi connectivity index (χ2n) is 6.48. The van der Waals surface area contributed by atoms with Gasteiger partial charge in [-0.05, 0) is 41.8 Å². The van der Waals surface area contributed by atoms with Crippen molar-refractivity contribution in [2.45, 2.75) is 19.1 Å². The maximum atomic E-state index is 12.9. The molecule has 150 valence electrons. The van der Waals surface area contributed by atoms with Gasteiger partial charge >= 0.3 is 0 Å². The molecule has 28 heavy (non-hydrogen) atoms. The minimum atomic E-state index is -1.03. The average molecular weight is 387 g/mol. The lowest BCUT2D eigenvalue weighted by molar-refractivity contribution is -0.142. The molecule has 0 radical (unpaired) electrons. The summed E-state index contributed by atoms with van der Waals surface area (Å²) in [6.45, 7) is 0.426. The average Bonchev–Trinajstić information content (AvgIpc) is 2.72. The number of methoxy groups -OCH3 is 4. The summed E-state index contributed by atoms with van der Waals surface area (Å²) in [7, 11) is 6.23. The molecule has 0 aromatic heterocycles. The Morgan fingerprint density at radius 2 is 1.57 bits per heavy atom. The van der Waals surface area contributed by atoms with Gasteiger partial charge in [-0.2, -0.15) is 0 Å². The van der Waals surface area contributed by atoms with Crippen molar-refractivity contribution in [1.82, 2.24) is 4.90 Å². The maximum Gasteiger partial charge on any atom is 0.229 e. The van der Waals surface area contributed by atoms with E-state index in [2.05, 4.69) is 0 Å². The van der Waals surface area contributed by atoms with Crippen molar-refractivity contribution >= 4 is 5.91 Å². The zero-order valence-electron chi connectivity index (χ0n) is 16.5. The maximum absolute atomic E-state index is 12.9. The molecule has 1 amide bonds. The Kier molecular flexibility index (Phi) is 5.94. The van der Waals surface area contributed by atoms with Crippen LogP contribution in [0.25, 0.3) is 0 Å². The summed E-state index contributed by atoms with van der Waals surface area (Å²) in [5.41, 5.74) is 2.39. The molecule has 0 unspecified atom stereocenters. The monoisotopic (exact) mass is 387 g/mol. The van der Waals surface area contributed by atoms with Gasteiger partial charge in [-0.15, -0.1) is 0 Å². The van der Waals surface area contributed by atoms with Gasteiger partial charge in [0.25, 0.3) is 0 Å². The second-order valence-corrected chi connectivity index (χ2v) is 6.48. The smallest absolute Gasteiger partial charge is 0.229 e. The molecule has 1 aliphatic heterocycles. The minimum Gasteiger partial charge on any atom is -0.493 e. The first kappa shape index (κ1) is 19.8. The zero-order chi connectivity index (χ0) is 20.3. The van der Waals surface area contributed by atoms with Crippen LogP contribution in [0.1, 0.15) is 22.9 Å². The molecule has 1 aliphatic rings. The lowest BCUT2D eigenvalue weighted by atomic mass is 9.96. The summed E-state index contributed by atoms with van der Waals surface area (Å²) in [5.74, 6) is 2.13. The Balaban J connectivity index is 1.81. The van der Waals surface area contributed by atoms with E-state index >= 15 is 0 Å². The van der Waals surface area contributed by atoms with Gasteiger partial charge in [-0.3, -0.25) is 4.79 Å². The van der Waals surface area contributed by atoms with Crippen molar-refractivity contribution in [1.29, 1.82) is 0 Å². The number of ether oxygens (including phenoxy) is 4. The fourth-order valence-electron chi connectivity index (χ4n) is 3.45. The van der Waals surface area contributed by atoms with Crippen molar-refractivity contribution in [3.63, 3.8) is 0 Å². The van der Waals surface area contributed by atoms with Crippen LogP contribution in [0.3, 0.4) is 0 Å². The molecule has 0 bridgehead atoms. The van der Waals surface area contributed by atoms with Crippen molar-refractivity contribution in [3.8, 4) is 23.0 Å². The zero-order valence-corrected chi connectivity index (χ0v) is 16.5. The van der Waals surface area contributed by atoms with Crippen LogP contribution in [0.2, 0.25) is 0 Å². The fraction of sp³-hybridized carbons (Fsp3) is 0.381. The van der Waals surface area contributed by atoms with Crippen LogP contribution in [-0.4, -0.2) is 50.9 Å². The van der Waals surface area contributed by atoms with E-state index in [1.165, 1.54) is 4.90 Å². The van der Waals surface area contributed by atoms with Crippen LogP contribution in [0.5, 0.6) is 23.0 Å². The number of nitrogens with zero attached hydrogens (tertiary/aromatic N) is 1. The first-order valence-electron chi connectivity index (χ1n) is 8.95. The molecule has 0 saturated carbocycles. The minimum absolute atomic E-state index is 0.153. The predicted molar refractivity (Wildman–Crippen MR) is 103 cm³/mol. The number of aliphatic hydroxyl groups is 1. The highest BCUT2D eigenvalue weighted by molar-refractivity contribution is 5.80. The summed E-state index contributed by atoms with van der Waals surface area (Å²) in [4.78, 5) is 14.3. The normalized spacial score (nSPS) is 15.6. The number of aliphatic hydroxyl groups excluding tert-OH is 1. The summed E-state index contributed by atoms with van der Waals surface area (Å²) < 4.78 is 21.2. The highest BCUT2D eigenvalue weighted by Gasteiger charge is 2.30. The standard InChI is InChI=1S/C21H25NO6/c1-25-16-6-5-13(9-17(16)26-2)10-20(23)22-8-7-14-11-18(27-3)19(28-4)12-15(14)21(22)24/h5-6,9,11-12,21,24H,7-8,10H2,1-4H3/t21-/m1/s1. The van der Waals surface area contributed by atoms with E-state index in [9.17, 15) is 9.90 Å². The molecule has 2 aromatic carbocycles. The number of hydrogen-bond donors (Lipinski definition) is 1. The van der Waals surface area contributed by atoms with Gasteiger partial charge in [0, 0.05) is 12.1 Å². The van der Waals surface area contributed by atoms with Gasteiger partial charge in [0.1, 0.15) is 0 Å².